The van der Waals surface area contributed by atoms with E-state index in [0.29, 0.717) is 5.56 Å². The van der Waals surface area contributed by atoms with Crippen molar-refractivity contribution in [2.45, 2.75) is 18.0 Å². The van der Waals surface area contributed by atoms with E-state index in [1.165, 1.54) is 24.3 Å². The summed E-state index contributed by atoms with van der Waals surface area (Å²) in [5.41, 5.74) is 6.36. The monoisotopic (exact) mass is 358 g/mol. The Kier molecular flexibility index (Phi) is 3.71. The van der Waals surface area contributed by atoms with Crippen molar-refractivity contribution in [3.05, 3.63) is 77.2 Å². The lowest BCUT2D eigenvalue weighted by Crippen LogP contribution is -2.41. The van der Waals surface area contributed by atoms with Crippen molar-refractivity contribution in [1.82, 2.24) is 4.90 Å². The zero-order valence-corrected chi connectivity index (χ0v) is 14.2. The molecule has 0 aliphatic carbocycles. The van der Waals surface area contributed by atoms with Gasteiger partial charge in [-0.2, -0.15) is 10.5 Å². The standard InChI is InChI=1S/C21H15FN4O/c22-15-7-5-14(6-8-15)17-18(20(25)27)26-10-9-13-3-1-2-4-16(13)19(26)21(17,11-23)12-24/h1-10,17-19H,(H2,25,27)/t17-,18+,19-/m0/s1. The molecule has 0 spiro atoms. The number of nitrogens with zero attached hydrogens (tertiary/aromatic N) is 3. The molecule has 0 unspecified atom stereocenters. The van der Waals surface area contributed by atoms with Gasteiger partial charge < -0.3 is 10.6 Å². The number of amides is 1. The zero-order valence-electron chi connectivity index (χ0n) is 14.2. The van der Waals surface area contributed by atoms with Crippen LogP contribution in [0.1, 0.15) is 28.7 Å². The van der Waals surface area contributed by atoms with E-state index in [1.807, 2.05) is 30.3 Å². The molecule has 1 saturated heterocycles. The van der Waals surface area contributed by atoms with Crippen LogP contribution in [-0.2, 0) is 4.79 Å². The molecule has 0 aromatic heterocycles. The number of carbonyl (C=O) groups excluding carboxylic acids is 1. The third-order valence-corrected chi connectivity index (χ3v) is 5.46. The third-order valence-electron chi connectivity index (χ3n) is 5.46. The lowest BCUT2D eigenvalue weighted by Gasteiger charge is -2.34. The summed E-state index contributed by atoms with van der Waals surface area (Å²) < 4.78 is 13.4. The molecule has 2 aliphatic rings. The first-order valence-corrected chi connectivity index (χ1v) is 8.45. The molecule has 2 N–H and O–H groups in total. The van der Waals surface area contributed by atoms with Crippen molar-refractivity contribution in [3.63, 3.8) is 0 Å². The Bertz CT molecular complexity index is 1020. The maximum absolute atomic E-state index is 13.4. The Morgan fingerprint density at radius 3 is 2.41 bits per heavy atom. The van der Waals surface area contributed by atoms with Crippen molar-refractivity contribution in [1.29, 1.82) is 10.5 Å². The number of primary amides is 1. The van der Waals surface area contributed by atoms with Crippen LogP contribution in [0, 0.1) is 33.9 Å². The molecule has 1 fully saturated rings. The van der Waals surface area contributed by atoms with Crippen LogP contribution in [0.3, 0.4) is 0 Å². The number of fused-ring (bicyclic) bond motifs is 3. The van der Waals surface area contributed by atoms with Crippen LogP contribution in [0.5, 0.6) is 0 Å². The summed E-state index contributed by atoms with van der Waals surface area (Å²) in [6.07, 6.45) is 3.56. The first-order chi connectivity index (χ1) is 13.0. The summed E-state index contributed by atoms with van der Waals surface area (Å²) in [6, 6.07) is 15.8. The lowest BCUT2D eigenvalue weighted by atomic mass is 9.68. The van der Waals surface area contributed by atoms with Crippen molar-refractivity contribution < 1.29 is 9.18 Å². The van der Waals surface area contributed by atoms with Gasteiger partial charge >= 0.3 is 0 Å². The smallest absolute Gasteiger partial charge is 0.240 e. The fourth-order valence-corrected chi connectivity index (χ4v) is 4.36. The van der Waals surface area contributed by atoms with E-state index in [4.69, 9.17) is 5.73 Å². The van der Waals surface area contributed by atoms with Gasteiger partial charge in [0.2, 0.25) is 5.91 Å². The maximum Gasteiger partial charge on any atom is 0.240 e. The van der Waals surface area contributed by atoms with Gasteiger partial charge in [-0.15, -0.1) is 0 Å². The van der Waals surface area contributed by atoms with Gasteiger partial charge in [-0.05, 0) is 34.9 Å². The number of hydrogen-bond donors (Lipinski definition) is 1. The normalized spacial score (nSPS) is 24.4. The molecule has 4 rings (SSSR count). The highest BCUT2D eigenvalue weighted by atomic mass is 19.1. The first-order valence-electron chi connectivity index (χ1n) is 8.45. The summed E-state index contributed by atoms with van der Waals surface area (Å²) in [4.78, 5) is 14.1. The van der Waals surface area contributed by atoms with Crippen LogP contribution in [0.25, 0.3) is 6.08 Å². The molecule has 3 atom stereocenters. The predicted molar refractivity (Wildman–Crippen MR) is 95.8 cm³/mol. The second-order valence-electron chi connectivity index (χ2n) is 6.76. The average molecular weight is 358 g/mol. The van der Waals surface area contributed by atoms with E-state index >= 15 is 0 Å². The fourth-order valence-electron chi connectivity index (χ4n) is 4.36. The topological polar surface area (TPSA) is 93.9 Å². The van der Waals surface area contributed by atoms with Crippen LogP contribution >= 0.6 is 0 Å². The molecule has 2 aromatic carbocycles. The number of benzene rings is 2. The predicted octanol–water partition coefficient (Wildman–Crippen LogP) is 2.84. The van der Waals surface area contributed by atoms with E-state index in [-0.39, 0.29) is 0 Å². The van der Waals surface area contributed by atoms with Crippen molar-refractivity contribution in [2.24, 2.45) is 11.1 Å². The Balaban J connectivity index is 2.00. The van der Waals surface area contributed by atoms with E-state index in [2.05, 4.69) is 12.1 Å². The number of rotatable bonds is 2. The Morgan fingerprint density at radius 1 is 1.11 bits per heavy atom. The molecule has 27 heavy (non-hydrogen) atoms. The first kappa shape index (κ1) is 16.8. The molecule has 0 saturated carbocycles. The van der Waals surface area contributed by atoms with Gasteiger partial charge in [0.15, 0.2) is 5.41 Å². The molecule has 2 heterocycles. The summed E-state index contributed by atoms with van der Waals surface area (Å²) in [5, 5.41) is 20.2. The second-order valence-corrected chi connectivity index (χ2v) is 6.76. The van der Waals surface area contributed by atoms with Gasteiger partial charge in [-0.25, -0.2) is 4.39 Å². The summed E-state index contributed by atoms with van der Waals surface area (Å²) >= 11 is 0. The van der Waals surface area contributed by atoms with Gasteiger partial charge in [0.05, 0.1) is 18.2 Å². The van der Waals surface area contributed by atoms with E-state index < -0.39 is 35.1 Å². The minimum atomic E-state index is -1.56. The van der Waals surface area contributed by atoms with E-state index in [0.717, 1.165) is 11.1 Å². The highest BCUT2D eigenvalue weighted by molar-refractivity contribution is 5.83. The molecular weight excluding hydrogens is 343 g/mol. The second kappa shape index (κ2) is 5.96. The maximum atomic E-state index is 13.4. The van der Waals surface area contributed by atoms with Gasteiger partial charge in [0, 0.05) is 12.1 Å². The number of halogens is 1. The molecule has 6 heteroatoms. The molecule has 2 aromatic rings. The van der Waals surface area contributed by atoms with Crippen molar-refractivity contribution in [3.8, 4) is 12.1 Å². The summed E-state index contributed by atoms with van der Waals surface area (Å²) in [6.45, 7) is 0. The number of hydrogen-bond acceptors (Lipinski definition) is 4. The van der Waals surface area contributed by atoms with Gasteiger partial charge in [-0.3, -0.25) is 4.79 Å². The molecule has 2 aliphatic heterocycles. The fraction of sp³-hybridized carbons (Fsp3) is 0.190. The Labute approximate surface area is 155 Å². The number of nitriles is 2. The van der Waals surface area contributed by atoms with E-state index in [9.17, 15) is 19.7 Å². The van der Waals surface area contributed by atoms with Gasteiger partial charge in [-0.1, -0.05) is 36.4 Å². The highest BCUT2D eigenvalue weighted by Crippen LogP contribution is 2.59. The Hall–Kier alpha value is -3.64. The minimum absolute atomic E-state index is 0.435. The molecular formula is C21H15FN4O. The van der Waals surface area contributed by atoms with Crippen molar-refractivity contribution >= 4 is 12.0 Å². The van der Waals surface area contributed by atoms with Crippen molar-refractivity contribution in [2.75, 3.05) is 0 Å². The SMILES string of the molecule is N#CC1(C#N)[C@@H]2c3ccccc3C=CN2[C@@H](C(N)=O)[C@@H]1c1ccc(F)cc1. The quantitative estimate of drug-likeness (QED) is 0.893. The average Bonchev–Trinajstić information content (AvgIpc) is 3.00. The zero-order chi connectivity index (χ0) is 19.2. The van der Waals surface area contributed by atoms with E-state index in [1.54, 1.807) is 11.1 Å². The van der Waals surface area contributed by atoms with Gasteiger partial charge in [0.1, 0.15) is 11.9 Å². The van der Waals surface area contributed by atoms with Crippen LogP contribution in [0.2, 0.25) is 0 Å². The van der Waals surface area contributed by atoms with Gasteiger partial charge in [0.25, 0.3) is 0 Å². The molecule has 0 bridgehead atoms. The highest BCUT2D eigenvalue weighted by Gasteiger charge is 2.63. The largest absolute Gasteiger partial charge is 0.368 e. The molecule has 0 radical (unpaired) electrons. The minimum Gasteiger partial charge on any atom is -0.368 e. The lowest BCUT2D eigenvalue weighted by molar-refractivity contribution is -0.122. The summed E-state index contributed by atoms with van der Waals surface area (Å²) in [7, 11) is 0. The van der Waals surface area contributed by atoms with Crippen LogP contribution in [0.15, 0.2) is 54.7 Å². The summed E-state index contributed by atoms with van der Waals surface area (Å²) in [5.74, 6) is -1.88. The number of nitrogens with two attached hydrogens (primary N) is 1. The van der Waals surface area contributed by atoms with Crippen LogP contribution in [-0.4, -0.2) is 16.8 Å². The molecule has 5 nitrogen and oxygen atoms in total. The van der Waals surface area contributed by atoms with Crippen LogP contribution in [0.4, 0.5) is 4.39 Å². The Morgan fingerprint density at radius 2 is 1.78 bits per heavy atom. The number of carbonyl (C=O) groups is 1. The van der Waals surface area contributed by atoms with Crippen LogP contribution < -0.4 is 5.73 Å². The molecule has 1 amide bonds. The molecule has 132 valence electrons. The third kappa shape index (κ3) is 2.24.